The number of carbonyl (C=O) groups excluding carboxylic acids is 2. The van der Waals surface area contributed by atoms with Gasteiger partial charge >= 0.3 is 23.7 Å². The highest BCUT2D eigenvalue weighted by Gasteiger charge is 2.70. The lowest BCUT2D eigenvalue weighted by Crippen LogP contribution is -2.75. The summed E-state index contributed by atoms with van der Waals surface area (Å²) in [6.07, 6.45) is -5.47. The fourth-order valence-electron chi connectivity index (χ4n) is 2.19. The van der Waals surface area contributed by atoms with Gasteiger partial charge in [-0.3, -0.25) is 9.59 Å². The van der Waals surface area contributed by atoms with Gasteiger partial charge in [-0.1, -0.05) is 13.8 Å². The van der Waals surface area contributed by atoms with Crippen molar-refractivity contribution in [3.05, 3.63) is 0 Å². The first-order chi connectivity index (χ1) is 11.1. The van der Waals surface area contributed by atoms with Gasteiger partial charge in [0.15, 0.2) is 6.10 Å². The van der Waals surface area contributed by atoms with Crippen molar-refractivity contribution in [2.24, 2.45) is 0 Å². The second kappa shape index (κ2) is 8.19. The summed E-state index contributed by atoms with van der Waals surface area (Å²) in [5.41, 5.74) is 0. The van der Waals surface area contributed by atoms with Crippen LogP contribution in [-0.2, 0) is 23.8 Å². The number of aliphatic hydroxyl groups excluding tert-OH is 3. The van der Waals surface area contributed by atoms with Crippen LogP contribution in [0, 0.1) is 0 Å². The molecule has 1 rings (SSSR count). The van der Waals surface area contributed by atoms with Gasteiger partial charge in [0, 0.05) is 12.8 Å². The first-order valence-corrected chi connectivity index (χ1v) is 7.68. The number of aliphatic hydroxyl groups is 5. The van der Waals surface area contributed by atoms with Gasteiger partial charge in [-0.15, -0.1) is 0 Å². The number of hydrogen-bond donors (Lipinski definition) is 5. The molecule has 0 bridgehead atoms. The van der Waals surface area contributed by atoms with E-state index in [-0.39, 0.29) is 12.8 Å². The van der Waals surface area contributed by atoms with Gasteiger partial charge in [-0.2, -0.15) is 0 Å². The lowest BCUT2D eigenvalue weighted by atomic mass is 9.94. The van der Waals surface area contributed by atoms with Crippen molar-refractivity contribution in [3.63, 3.8) is 0 Å². The summed E-state index contributed by atoms with van der Waals surface area (Å²) in [6, 6.07) is 0. The van der Waals surface area contributed by atoms with E-state index in [1.165, 1.54) is 0 Å². The number of esters is 2. The molecule has 140 valence electrons. The molecule has 0 aromatic heterocycles. The van der Waals surface area contributed by atoms with Crippen molar-refractivity contribution in [1.82, 2.24) is 0 Å². The van der Waals surface area contributed by atoms with E-state index >= 15 is 0 Å². The Morgan fingerprint density at radius 1 is 1.04 bits per heavy atom. The van der Waals surface area contributed by atoms with E-state index in [9.17, 15) is 30.0 Å². The third kappa shape index (κ3) is 4.02. The third-order valence-electron chi connectivity index (χ3n) is 3.48. The van der Waals surface area contributed by atoms with Crippen molar-refractivity contribution < 1.29 is 49.3 Å². The smallest absolute Gasteiger partial charge is 0.399 e. The second-order valence-corrected chi connectivity index (χ2v) is 5.50. The number of ether oxygens (including phenoxy) is 3. The molecule has 0 aromatic rings. The number of carbonyl (C=O) groups is 2. The Labute approximate surface area is 138 Å². The zero-order valence-corrected chi connectivity index (χ0v) is 13.5. The summed E-state index contributed by atoms with van der Waals surface area (Å²) in [5, 5.41) is 50.0. The summed E-state index contributed by atoms with van der Waals surface area (Å²) in [5.74, 6) is -8.60. The molecule has 0 aromatic carbocycles. The molecule has 0 aliphatic carbocycles. The summed E-state index contributed by atoms with van der Waals surface area (Å²) >= 11 is 0. The molecule has 0 spiro atoms. The minimum absolute atomic E-state index is 0.160. The molecule has 1 fully saturated rings. The van der Waals surface area contributed by atoms with Gasteiger partial charge in [0.2, 0.25) is 0 Å². The highest BCUT2D eigenvalue weighted by Crippen LogP contribution is 2.39. The first kappa shape index (κ1) is 20.7. The van der Waals surface area contributed by atoms with Crippen LogP contribution in [0.5, 0.6) is 0 Å². The maximum Gasteiger partial charge on any atom is 0.399 e. The lowest BCUT2D eigenvalue weighted by Gasteiger charge is -2.49. The van der Waals surface area contributed by atoms with Crippen LogP contribution in [-0.4, -0.2) is 74.2 Å². The van der Waals surface area contributed by atoms with Crippen molar-refractivity contribution in [2.75, 3.05) is 6.61 Å². The van der Waals surface area contributed by atoms with Gasteiger partial charge < -0.3 is 39.7 Å². The van der Waals surface area contributed by atoms with E-state index in [1.54, 1.807) is 13.8 Å². The fraction of sp³-hybridized carbons (Fsp3) is 0.857. The van der Waals surface area contributed by atoms with E-state index in [2.05, 4.69) is 9.47 Å². The number of rotatable bonds is 7. The van der Waals surface area contributed by atoms with E-state index in [1.807, 2.05) is 0 Å². The minimum Gasteiger partial charge on any atom is -0.420 e. The molecule has 0 saturated carbocycles. The highest BCUT2D eigenvalue weighted by molar-refractivity contribution is 5.71. The summed E-state index contributed by atoms with van der Waals surface area (Å²) in [4.78, 5) is 23.4. The summed E-state index contributed by atoms with van der Waals surface area (Å²) in [7, 11) is 0. The lowest BCUT2D eigenvalue weighted by molar-refractivity contribution is -0.511. The van der Waals surface area contributed by atoms with Crippen molar-refractivity contribution in [3.8, 4) is 0 Å². The molecule has 10 nitrogen and oxygen atoms in total. The van der Waals surface area contributed by atoms with Crippen molar-refractivity contribution in [2.45, 2.75) is 69.6 Å². The molecule has 1 aliphatic rings. The Balaban J connectivity index is 3.18. The Bertz CT molecular complexity index is 455. The number of hydrogen-bond acceptors (Lipinski definition) is 10. The summed E-state index contributed by atoms with van der Waals surface area (Å²) < 4.78 is 14.2. The predicted molar refractivity (Wildman–Crippen MR) is 75.9 cm³/mol. The maximum absolute atomic E-state index is 11.7. The second-order valence-electron chi connectivity index (χ2n) is 5.50. The summed E-state index contributed by atoms with van der Waals surface area (Å²) in [6.45, 7) is 2.42. The molecule has 5 atom stereocenters. The van der Waals surface area contributed by atoms with Crippen LogP contribution in [0.3, 0.4) is 0 Å². The highest BCUT2D eigenvalue weighted by atomic mass is 16.9. The molecule has 1 heterocycles. The van der Waals surface area contributed by atoms with E-state index in [0.29, 0.717) is 12.8 Å². The van der Waals surface area contributed by atoms with Crippen molar-refractivity contribution in [1.29, 1.82) is 0 Å². The Morgan fingerprint density at radius 2 is 1.54 bits per heavy atom. The topological polar surface area (TPSA) is 163 Å². The van der Waals surface area contributed by atoms with Crippen LogP contribution in [0.25, 0.3) is 0 Å². The van der Waals surface area contributed by atoms with E-state index in [0.717, 1.165) is 0 Å². The van der Waals surface area contributed by atoms with Gasteiger partial charge in [0.25, 0.3) is 0 Å². The van der Waals surface area contributed by atoms with Crippen molar-refractivity contribution >= 4 is 11.9 Å². The Morgan fingerprint density at radius 3 is 2.00 bits per heavy atom. The monoisotopic (exact) mass is 352 g/mol. The molecule has 0 amide bonds. The van der Waals surface area contributed by atoms with Crippen LogP contribution in [0.15, 0.2) is 0 Å². The van der Waals surface area contributed by atoms with Crippen LogP contribution < -0.4 is 0 Å². The van der Waals surface area contributed by atoms with Crippen LogP contribution in [0.4, 0.5) is 0 Å². The quantitative estimate of drug-likeness (QED) is 0.259. The molecular formula is C14H24O10. The molecule has 5 N–H and O–H groups in total. The molecule has 1 aliphatic heterocycles. The molecule has 1 saturated heterocycles. The normalized spacial score (nSPS) is 36.2. The minimum atomic E-state index is -3.30. The van der Waals surface area contributed by atoms with Crippen LogP contribution in [0.1, 0.15) is 39.5 Å². The molecule has 1 unspecified atom stereocenters. The Kier molecular flexibility index (Phi) is 7.08. The third-order valence-corrected chi connectivity index (χ3v) is 3.48. The van der Waals surface area contributed by atoms with Gasteiger partial charge in [-0.25, -0.2) is 0 Å². The predicted octanol–water partition coefficient (Wildman–Crippen LogP) is -1.88. The SMILES string of the molecule is CCCC(=O)OC1(O)O[C@H](CO)[C@@H](O)[C@H](O)[C@@]1(O)OC(=O)CCC. The van der Waals surface area contributed by atoms with Gasteiger partial charge in [0.05, 0.1) is 6.61 Å². The zero-order valence-electron chi connectivity index (χ0n) is 13.5. The molecular weight excluding hydrogens is 328 g/mol. The van der Waals surface area contributed by atoms with Gasteiger partial charge in [0.1, 0.15) is 12.2 Å². The maximum atomic E-state index is 11.7. The average molecular weight is 352 g/mol. The molecule has 0 radical (unpaired) electrons. The van der Waals surface area contributed by atoms with Crippen LogP contribution in [0.2, 0.25) is 0 Å². The standard InChI is InChI=1S/C14H24O10/c1-3-5-9(16)23-13(20)12(19)11(18)8(7-15)22-14(13,21)24-10(17)6-4-2/h8,11-12,15,18-21H,3-7H2,1-2H3/t8-,11-,12+,13-,14?/m1/s1. The average Bonchev–Trinajstić information content (AvgIpc) is 2.50. The van der Waals surface area contributed by atoms with E-state index < -0.39 is 48.6 Å². The first-order valence-electron chi connectivity index (χ1n) is 7.68. The zero-order chi connectivity index (χ0) is 18.5. The van der Waals surface area contributed by atoms with Crippen LogP contribution >= 0.6 is 0 Å². The Hall–Kier alpha value is -1.30. The largest absolute Gasteiger partial charge is 0.420 e. The molecule has 10 heteroatoms. The molecule has 24 heavy (non-hydrogen) atoms. The van der Waals surface area contributed by atoms with E-state index in [4.69, 9.17) is 9.84 Å². The fourth-order valence-corrected chi connectivity index (χ4v) is 2.19. The van der Waals surface area contributed by atoms with Gasteiger partial charge in [-0.05, 0) is 12.8 Å².